The third kappa shape index (κ3) is 5.10. The lowest BCUT2D eigenvalue weighted by Crippen LogP contribution is -2.12. The van der Waals surface area contributed by atoms with E-state index < -0.39 is 0 Å². The maximum atomic E-state index is 11.8. The van der Waals surface area contributed by atoms with Crippen LogP contribution in [0.1, 0.15) is 22.6 Å². The minimum Gasteiger partial charge on any atom is -0.497 e. The summed E-state index contributed by atoms with van der Waals surface area (Å²) in [4.78, 5) is 18.5. The van der Waals surface area contributed by atoms with E-state index in [2.05, 4.69) is 9.97 Å². The zero-order valence-corrected chi connectivity index (χ0v) is 13.3. The molecule has 1 atom stereocenters. The van der Waals surface area contributed by atoms with Gasteiger partial charge in [-0.15, -0.1) is 11.6 Å². The fraction of sp³-hybridized carbons (Fsp3) is 0.333. The first-order valence-electron chi connectivity index (χ1n) is 6.56. The van der Waals surface area contributed by atoms with E-state index in [9.17, 15) is 4.79 Å². The molecule has 0 radical (unpaired) electrons. The van der Waals surface area contributed by atoms with Crippen molar-refractivity contribution in [3.63, 3.8) is 0 Å². The van der Waals surface area contributed by atoms with Crippen LogP contribution in [0, 0.1) is 0 Å². The molecular formula is C15H17ClN2O2S. The Labute approximate surface area is 133 Å². The van der Waals surface area contributed by atoms with Crippen LogP contribution in [0.25, 0.3) is 0 Å². The van der Waals surface area contributed by atoms with Gasteiger partial charge < -0.3 is 9.72 Å². The average Bonchev–Trinajstić information content (AvgIpc) is 3.02. The van der Waals surface area contributed by atoms with E-state index in [1.54, 1.807) is 31.3 Å². The Morgan fingerprint density at radius 3 is 2.81 bits per heavy atom. The van der Waals surface area contributed by atoms with Crippen LogP contribution in [0.4, 0.5) is 0 Å². The standard InChI is InChI=1S/C15H17ClN2O2S/c1-20-13-4-2-11(3-5-13)9-21-10-12(16)8-14(19)15-17-6-7-18-15/h2-7,12H,8-10H2,1H3,(H,17,18). The number of methoxy groups -OCH3 is 1. The minimum atomic E-state index is -0.189. The number of hydrogen-bond acceptors (Lipinski definition) is 4. The number of carbonyl (C=O) groups is 1. The van der Waals surface area contributed by atoms with Gasteiger partial charge in [-0.2, -0.15) is 11.8 Å². The van der Waals surface area contributed by atoms with Crippen molar-refractivity contribution in [2.75, 3.05) is 12.9 Å². The Morgan fingerprint density at radius 2 is 2.19 bits per heavy atom. The Kier molecular flexibility index (Phi) is 6.14. The number of nitrogens with one attached hydrogen (secondary N) is 1. The molecule has 0 saturated heterocycles. The van der Waals surface area contributed by atoms with Gasteiger partial charge in [0.05, 0.1) is 7.11 Å². The molecular weight excluding hydrogens is 308 g/mol. The summed E-state index contributed by atoms with van der Waals surface area (Å²) in [6.45, 7) is 0. The second-order valence-electron chi connectivity index (χ2n) is 4.53. The van der Waals surface area contributed by atoms with Gasteiger partial charge in [-0.25, -0.2) is 4.98 Å². The summed E-state index contributed by atoms with van der Waals surface area (Å²) >= 11 is 7.91. The topological polar surface area (TPSA) is 55.0 Å². The maximum absolute atomic E-state index is 11.8. The molecule has 0 fully saturated rings. The molecule has 0 amide bonds. The second kappa shape index (κ2) is 8.10. The van der Waals surface area contributed by atoms with E-state index in [-0.39, 0.29) is 11.2 Å². The van der Waals surface area contributed by atoms with Gasteiger partial charge in [-0.05, 0) is 17.7 Å². The number of ketones is 1. The zero-order valence-electron chi connectivity index (χ0n) is 11.7. The zero-order chi connectivity index (χ0) is 15.1. The predicted octanol–water partition coefficient (Wildman–Crippen LogP) is 3.53. The number of alkyl halides is 1. The molecule has 4 nitrogen and oxygen atoms in total. The highest BCUT2D eigenvalue weighted by Crippen LogP contribution is 2.20. The molecule has 1 aromatic carbocycles. The molecule has 0 spiro atoms. The molecule has 2 aromatic rings. The number of aromatic amines is 1. The first kappa shape index (κ1) is 15.9. The summed E-state index contributed by atoms with van der Waals surface area (Å²) in [6.07, 6.45) is 3.49. The van der Waals surface area contributed by atoms with Crippen molar-refractivity contribution < 1.29 is 9.53 Å². The van der Waals surface area contributed by atoms with Crippen LogP contribution in [-0.2, 0) is 5.75 Å². The number of halogens is 1. The van der Waals surface area contributed by atoms with Gasteiger partial charge in [0, 0.05) is 35.7 Å². The maximum Gasteiger partial charge on any atom is 0.199 e. The molecule has 0 bridgehead atoms. The summed E-state index contributed by atoms with van der Waals surface area (Å²) < 4.78 is 5.12. The number of benzene rings is 1. The number of imidazole rings is 1. The van der Waals surface area contributed by atoms with E-state index in [1.807, 2.05) is 24.3 Å². The van der Waals surface area contributed by atoms with E-state index in [0.29, 0.717) is 12.2 Å². The molecule has 112 valence electrons. The Hall–Kier alpha value is -1.46. The van der Waals surface area contributed by atoms with Crippen LogP contribution in [0.3, 0.4) is 0 Å². The first-order chi connectivity index (χ1) is 10.2. The summed E-state index contributed by atoms with van der Waals surface area (Å²) in [5.41, 5.74) is 1.21. The van der Waals surface area contributed by atoms with Crippen molar-refractivity contribution >= 4 is 29.1 Å². The molecule has 2 rings (SSSR count). The number of H-pyrrole nitrogens is 1. The van der Waals surface area contributed by atoms with Crippen LogP contribution in [0.5, 0.6) is 5.75 Å². The molecule has 1 aromatic heterocycles. The van der Waals surface area contributed by atoms with Crippen molar-refractivity contribution in [2.45, 2.75) is 17.6 Å². The largest absolute Gasteiger partial charge is 0.497 e. The summed E-state index contributed by atoms with van der Waals surface area (Å²) in [6, 6.07) is 7.94. The quantitative estimate of drug-likeness (QED) is 0.596. The van der Waals surface area contributed by atoms with Crippen molar-refractivity contribution in [3.8, 4) is 5.75 Å². The summed E-state index contributed by atoms with van der Waals surface area (Å²) in [7, 11) is 1.65. The van der Waals surface area contributed by atoms with Crippen molar-refractivity contribution in [3.05, 3.63) is 48.0 Å². The monoisotopic (exact) mass is 324 g/mol. The van der Waals surface area contributed by atoms with Gasteiger partial charge in [0.25, 0.3) is 0 Å². The average molecular weight is 325 g/mol. The molecule has 0 aliphatic carbocycles. The lowest BCUT2D eigenvalue weighted by Gasteiger charge is -2.08. The number of carbonyl (C=O) groups excluding carboxylic acids is 1. The molecule has 0 aliphatic rings. The minimum absolute atomic E-state index is 0.0509. The number of hydrogen-bond donors (Lipinski definition) is 1. The first-order valence-corrected chi connectivity index (χ1v) is 8.15. The third-order valence-electron chi connectivity index (χ3n) is 2.90. The fourth-order valence-electron chi connectivity index (χ4n) is 1.80. The van der Waals surface area contributed by atoms with Crippen molar-refractivity contribution in [1.29, 1.82) is 0 Å². The van der Waals surface area contributed by atoms with Crippen LogP contribution < -0.4 is 4.74 Å². The van der Waals surface area contributed by atoms with Gasteiger partial charge in [-0.3, -0.25) is 4.79 Å². The lowest BCUT2D eigenvalue weighted by atomic mass is 10.2. The van der Waals surface area contributed by atoms with Gasteiger partial charge in [0.2, 0.25) is 0 Å². The highest BCUT2D eigenvalue weighted by atomic mass is 35.5. The molecule has 6 heteroatoms. The molecule has 0 saturated carbocycles. The Bertz CT molecular complexity index is 558. The van der Waals surface area contributed by atoms with Crippen molar-refractivity contribution in [2.24, 2.45) is 0 Å². The van der Waals surface area contributed by atoms with Gasteiger partial charge in [0.1, 0.15) is 5.75 Å². The Balaban J connectivity index is 1.71. The van der Waals surface area contributed by atoms with E-state index in [1.165, 1.54) is 5.56 Å². The normalized spacial score (nSPS) is 12.1. The van der Waals surface area contributed by atoms with Crippen LogP contribution >= 0.6 is 23.4 Å². The number of ether oxygens (including phenoxy) is 1. The SMILES string of the molecule is COc1ccc(CSCC(Cl)CC(=O)c2ncc[nH]2)cc1. The van der Waals surface area contributed by atoms with Crippen molar-refractivity contribution in [1.82, 2.24) is 9.97 Å². The number of Topliss-reactive ketones (excluding diaryl/α,β-unsaturated/α-hetero) is 1. The van der Waals surface area contributed by atoms with E-state index in [0.717, 1.165) is 17.3 Å². The smallest absolute Gasteiger partial charge is 0.199 e. The molecule has 1 unspecified atom stereocenters. The highest BCUT2D eigenvalue weighted by Gasteiger charge is 2.14. The van der Waals surface area contributed by atoms with Gasteiger partial charge >= 0.3 is 0 Å². The Morgan fingerprint density at radius 1 is 1.43 bits per heavy atom. The second-order valence-corrected chi connectivity index (χ2v) is 6.17. The molecule has 21 heavy (non-hydrogen) atoms. The summed E-state index contributed by atoms with van der Waals surface area (Å²) in [5, 5.41) is -0.189. The van der Waals surface area contributed by atoms with E-state index in [4.69, 9.17) is 16.3 Å². The molecule has 1 heterocycles. The molecule has 0 aliphatic heterocycles. The van der Waals surface area contributed by atoms with Gasteiger partial charge in [-0.1, -0.05) is 12.1 Å². The fourth-order valence-corrected chi connectivity index (χ4v) is 3.13. The number of nitrogens with zero attached hydrogens (tertiary/aromatic N) is 1. The van der Waals surface area contributed by atoms with E-state index >= 15 is 0 Å². The van der Waals surface area contributed by atoms with Crippen LogP contribution in [-0.4, -0.2) is 34.0 Å². The van der Waals surface area contributed by atoms with Gasteiger partial charge in [0.15, 0.2) is 11.6 Å². The van der Waals surface area contributed by atoms with Crippen LogP contribution in [0.2, 0.25) is 0 Å². The predicted molar refractivity (Wildman–Crippen MR) is 86.3 cm³/mol. The molecule has 1 N–H and O–H groups in total. The van der Waals surface area contributed by atoms with Crippen LogP contribution in [0.15, 0.2) is 36.7 Å². The number of thioether (sulfide) groups is 1. The number of aromatic nitrogens is 2. The number of rotatable bonds is 8. The highest BCUT2D eigenvalue weighted by molar-refractivity contribution is 7.98. The summed E-state index contributed by atoms with van der Waals surface area (Å²) in [5.74, 6) is 2.76. The third-order valence-corrected chi connectivity index (χ3v) is 4.56. The lowest BCUT2D eigenvalue weighted by molar-refractivity contribution is 0.0974.